The van der Waals surface area contributed by atoms with E-state index in [0.29, 0.717) is 16.9 Å². The van der Waals surface area contributed by atoms with Crippen molar-refractivity contribution in [1.29, 1.82) is 0 Å². The van der Waals surface area contributed by atoms with E-state index in [4.69, 9.17) is 5.73 Å². The minimum atomic E-state index is -3.51. The molecule has 0 aliphatic carbocycles. The summed E-state index contributed by atoms with van der Waals surface area (Å²) in [5, 5.41) is 0. The summed E-state index contributed by atoms with van der Waals surface area (Å²) in [6.07, 6.45) is 0.286. The number of hydrogen-bond donors (Lipinski definition) is 2. The maximum Gasteiger partial charge on any atom is 0.305 e. The predicted molar refractivity (Wildman–Crippen MR) is 79.0 cm³/mol. The molecule has 0 radical (unpaired) electrons. The number of nitrogens with two attached hydrogens (primary N) is 1. The van der Waals surface area contributed by atoms with Gasteiger partial charge in [-0.2, -0.15) is 0 Å². The van der Waals surface area contributed by atoms with Gasteiger partial charge < -0.3 is 10.5 Å². The Balaban J connectivity index is 2.77. The molecule has 0 fully saturated rings. The highest BCUT2D eigenvalue weighted by atomic mass is 32.2. The first-order chi connectivity index (χ1) is 9.26. The minimum absolute atomic E-state index is 0.0757. The fraction of sp³-hybridized carbons (Fsp3) is 0.462. The van der Waals surface area contributed by atoms with E-state index in [-0.39, 0.29) is 18.6 Å². The maximum absolute atomic E-state index is 12.0. The lowest BCUT2D eigenvalue weighted by Gasteiger charge is -2.14. The third-order valence-electron chi connectivity index (χ3n) is 2.99. The standard InChI is InChI=1S/C13H20N2O4S/c1-9-6-7-11(14)10(2)13(9)15-20(17,18)8-4-5-12(16)19-3/h6-7,15H,4-5,8,14H2,1-3H3. The summed E-state index contributed by atoms with van der Waals surface area (Å²) in [5.41, 5.74) is 8.30. The molecule has 20 heavy (non-hydrogen) atoms. The molecule has 0 bridgehead atoms. The third-order valence-corrected chi connectivity index (χ3v) is 4.34. The van der Waals surface area contributed by atoms with Crippen molar-refractivity contribution in [2.24, 2.45) is 0 Å². The van der Waals surface area contributed by atoms with Crippen LogP contribution in [0.2, 0.25) is 0 Å². The van der Waals surface area contributed by atoms with Crippen molar-refractivity contribution in [3.63, 3.8) is 0 Å². The van der Waals surface area contributed by atoms with E-state index in [1.807, 2.05) is 0 Å². The second kappa shape index (κ2) is 6.60. The van der Waals surface area contributed by atoms with Crippen molar-refractivity contribution in [2.75, 3.05) is 23.3 Å². The largest absolute Gasteiger partial charge is 0.469 e. The number of rotatable bonds is 6. The molecule has 0 unspecified atom stereocenters. The lowest BCUT2D eigenvalue weighted by Crippen LogP contribution is -2.19. The van der Waals surface area contributed by atoms with Gasteiger partial charge in [-0.05, 0) is 37.5 Å². The molecular weight excluding hydrogens is 280 g/mol. The molecule has 6 nitrogen and oxygen atoms in total. The molecule has 3 N–H and O–H groups in total. The second-order valence-corrected chi connectivity index (χ2v) is 6.41. The summed E-state index contributed by atoms with van der Waals surface area (Å²) in [4.78, 5) is 11.0. The van der Waals surface area contributed by atoms with Crippen molar-refractivity contribution in [1.82, 2.24) is 0 Å². The summed E-state index contributed by atoms with van der Waals surface area (Å²) in [5.74, 6) is -0.563. The molecular formula is C13H20N2O4S. The third kappa shape index (κ3) is 4.41. The Morgan fingerprint density at radius 3 is 2.60 bits per heavy atom. The number of nitrogen functional groups attached to an aromatic ring is 1. The first-order valence-electron chi connectivity index (χ1n) is 6.20. The van der Waals surface area contributed by atoms with Crippen molar-refractivity contribution in [3.8, 4) is 0 Å². The molecule has 0 saturated carbocycles. The highest BCUT2D eigenvalue weighted by Crippen LogP contribution is 2.26. The van der Waals surface area contributed by atoms with Gasteiger partial charge in [0.2, 0.25) is 10.0 Å². The summed E-state index contributed by atoms with van der Waals surface area (Å²) in [7, 11) is -2.24. The van der Waals surface area contributed by atoms with Gasteiger partial charge in [-0.1, -0.05) is 6.07 Å². The van der Waals surface area contributed by atoms with Gasteiger partial charge in [0.25, 0.3) is 0 Å². The van der Waals surface area contributed by atoms with Crippen LogP contribution in [-0.2, 0) is 19.6 Å². The first kappa shape index (κ1) is 16.3. The number of carbonyl (C=O) groups excluding carboxylic acids is 1. The average molecular weight is 300 g/mol. The van der Waals surface area contributed by atoms with Crippen LogP contribution in [0.25, 0.3) is 0 Å². The number of methoxy groups -OCH3 is 1. The molecule has 0 atom stereocenters. The van der Waals surface area contributed by atoms with Crippen LogP contribution in [0.4, 0.5) is 11.4 Å². The Hall–Kier alpha value is -1.76. The summed E-state index contributed by atoms with van der Waals surface area (Å²) in [6.45, 7) is 3.56. The fourth-order valence-electron chi connectivity index (χ4n) is 1.74. The molecule has 0 saturated heterocycles. The van der Waals surface area contributed by atoms with E-state index in [9.17, 15) is 13.2 Å². The lowest BCUT2D eigenvalue weighted by molar-refractivity contribution is -0.140. The average Bonchev–Trinajstić information content (AvgIpc) is 2.39. The Labute approximate surface area is 119 Å². The van der Waals surface area contributed by atoms with Gasteiger partial charge in [0.05, 0.1) is 18.6 Å². The number of hydrogen-bond acceptors (Lipinski definition) is 5. The van der Waals surface area contributed by atoms with Crippen molar-refractivity contribution >= 4 is 27.4 Å². The zero-order chi connectivity index (χ0) is 15.3. The number of anilines is 2. The van der Waals surface area contributed by atoms with Crippen LogP contribution >= 0.6 is 0 Å². The zero-order valence-electron chi connectivity index (χ0n) is 11.9. The zero-order valence-corrected chi connectivity index (χ0v) is 12.7. The van der Waals surface area contributed by atoms with Gasteiger partial charge in [0.15, 0.2) is 0 Å². The Kier molecular flexibility index (Phi) is 5.38. The normalized spacial score (nSPS) is 11.2. The van der Waals surface area contributed by atoms with Crippen LogP contribution in [-0.4, -0.2) is 27.2 Å². The molecule has 0 aromatic heterocycles. The fourth-order valence-corrected chi connectivity index (χ4v) is 2.99. The molecule has 7 heteroatoms. The van der Waals surface area contributed by atoms with Crippen LogP contribution < -0.4 is 10.5 Å². The Bertz CT molecular complexity index is 597. The topological polar surface area (TPSA) is 98.5 Å². The molecule has 112 valence electrons. The van der Waals surface area contributed by atoms with E-state index in [1.165, 1.54) is 7.11 Å². The SMILES string of the molecule is COC(=O)CCCS(=O)(=O)Nc1c(C)ccc(N)c1C. The van der Waals surface area contributed by atoms with Crippen molar-refractivity contribution in [2.45, 2.75) is 26.7 Å². The smallest absolute Gasteiger partial charge is 0.305 e. The molecule has 0 aliphatic heterocycles. The number of ether oxygens (including phenoxy) is 1. The van der Waals surface area contributed by atoms with Crippen LogP contribution in [0.3, 0.4) is 0 Å². The molecule has 1 rings (SSSR count). The van der Waals surface area contributed by atoms with Gasteiger partial charge in [-0.15, -0.1) is 0 Å². The van der Waals surface area contributed by atoms with E-state index in [2.05, 4.69) is 9.46 Å². The van der Waals surface area contributed by atoms with Gasteiger partial charge in [0.1, 0.15) is 0 Å². The second-order valence-electron chi connectivity index (χ2n) is 4.57. The van der Waals surface area contributed by atoms with Gasteiger partial charge in [-0.25, -0.2) is 8.42 Å². The van der Waals surface area contributed by atoms with Gasteiger partial charge in [-0.3, -0.25) is 9.52 Å². The molecule has 1 aromatic carbocycles. The molecule has 1 aromatic rings. The maximum atomic E-state index is 12.0. The van der Waals surface area contributed by atoms with E-state index >= 15 is 0 Å². The summed E-state index contributed by atoms with van der Waals surface area (Å²) >= 11 is 0. The quantitative estimate of drug-likeness (QED) is 0.614. The molecule has 0 amide bonds. The molecule has 0 aliphatic rings. The Morgan fingerprint density at radius 1 is 1.35 bits per heavy atom. The summed E-state index contributed by atoms with van der Waals surface area (Å²) in [6, 6.07) is 3.49. The number of carbonyl (C=O) groups is 1. The molecule has 0 heterocycles. The van der Waals surface area contributed by atoms with E-state index in [1.54, 1.807) is 26.0 Å². The van der Waals surface area contributed by atoms with Crippen molar-refractivity contribution in [3.05, 3.63) is 23.3 Å². The van der Waals surface area contributed by atoms with Crippen molar-refractivity contribution < 1.29 is 17.9 Å². The number of benzene rings is 1. The highest BCUT2D eigenvalue weighted by molar-refractivity contribution is 7.92. The number of sulfonamides is 1. The van der Waals surface area contributed by atoms with Crippen LogP contribution in [0.15, 0.2) is 12.1 Å². The lowest BCUT2D eigenvalue weighted by atomic mass is 10.1. The molecule has 0 spiro atoms. The first-order valence-corrected chi connectivity index (χ1v) is 7.85. The van der Waals surface area contributed by atoms with E-state index in [0.717, 1.165) is 5.56 Å². The van der Waals surface area contributed by atoms with Gasteiger partial charge >= 0.3 is 5.97 Å². The van der Waals surface area contributed by atoms with Crippen LogP contribution in [0.5, 0.6) is 0 Å². The van der Waals surface area contributed by atoms with E-state index < -0.39 is 16.0 Å². The number of esters is 1. The Morgan fingerprint density at radius 2 is 2.00 bits per heavy atom. The van der Waals surface area contributed by atoms with Crippen LogP contribution in [0.1, 0.15) is 24.0 Å². The predicted octanol–water partition coefficient (Wildman–Crippen LogP) is 1.58. The minimum Gasteiger partial charge on any atom is -0.469 e. The highest BCUT2D eigenvalue weighted by Gasteiger charge is 2.15. The number of aryl methyl sites for hydroxylation is 1. The number of nitrogens with one attached hydrogen (secondary N) is 1. The van der Waals surface area contributed by atoms with Gasteiger partial charge in [0, 0.05) is 12.1 Å². The van der Waals surface area contributed by atoms with Crippen LogP contribution in [0, 0.1) is 13.8 Å². The monoisotopic (exact) mass is 300 g/mol. The summed E-state index contributed by atoms with van der Waals surface area (Å²) < 4.78 is 31.0.